The summed E-state index contributed by atoms with van der Waals surface area (Å²) in [7, 11) is 0. The topological polar surface area (TPSA) is 131 Å². The minimum atomic E-state index is -1.01. The molecular weight excluding hydrogens is 528 g/mol. The first-order valence-electron chi connectivity index (χ1n) is 14.2. The van der Waals surface area contributed by atoms with Gasteiger partial charge in [-0.1, -0.05) is 53.6 Å². The quantitative estimate of drug-likeness (QED) is 0.267. The van der Waals surface area contributed by atoms with Crippen LogP contribution >= 0.6 is 0 Å². The molecule has 2 fully saturated rings. The SMILES string of the molecule is O=C1Nc2ccccc2C(c2ccccc2)=N[C@@H]1Nc1nnc(-c2ncc(C3CC3)cc2-c2cnc(C3CC3)nc2)o1. The number of benzodiazepines with no additional fused rings is 1. The third-order valence-electron chi connectivity index (χ3n) is 7.76. The van der Waals surface area contributed by atoms with Crippen LogP contribution < -0.4 is 10.6 Å². The lowest BCUT2D eigenvalue weighted by Gasteiger charge is -2.11. The van der Waals surface area contributed by atoms with E-state index in [9.17, 15) is 4.79 Å². The summed E-state index contributed by atoms with van der Waals surface area (Å²) in [6.45, 7) is 0. The van der Waals surface area contributed by atoms with Gasteiger partial charge in [-0.3, -0.25) is 9.78 Å². The standard InChI is InChI=1S/C32H26N8O2/c41-30-29(37-26(19-6-2-1-3-7-19)23-8-4-5-9-25(23)36-30)38-32-40-39-31(42-32)27-24(14-21(15-33-27)18-10-11-18)22-16-34-28(35-17-22)20-12-13-20/h1-9,14-18,20,29H,10-13H2,(H,36,41)(H,38,40)/t29-/m1/s1. The molecule has 2 aromatic carbocycles. The second-order valence-corrected chi connectivity index (χ2v) is 10.9. The van der Waals surface area contributed by atoms with Gasteiger partial charge in [-0.2, -0.15) is 0 Å². The molecule has 0 radical (unpaired) electrons. The Labute approximate surface area is 241 Å². The average Bonchev–Trinajstić information content (AvgIpc) is 3.97. The van der Waals surface area contributed by atoms with Gasteiger partial charge in [0.25, 0.3) is 11.8 Å². The van der Waals surface area contributed by atoms with Gasteiger partial charge in [-0.05, 0) is 49.3 Å². The van der Waals surface area contributed by atoms with Crippen LogP contribution in [0.1, 0.15) is 60.0 Å². The highest BCUT2D eigenvalue weighted by molar-refractivity contribution is 6.19. The van der Waals surface area contributed by atoms with Crippen molar-refractivity contribution in [3.8, 4) is 22.7 Å². The van der Waals surface area contributed by atoms with E-state index in [1.165, 1.54) is 5.56 Å². The summed E-state index contributed by atoms with van der Waals surface area (Å²) in [5.41, 5.74) is 6.46. The fourth-order valence-electron chi connectivity index (χ4n) is 5.22. The summed E-state index contributed by atoms with van der Waals surface area (Å²) in [4.78, 5) is 32.0. The molecule has 8 rings (SSSR count). The van der Waals surface area contributed by atoms with Crippen molar-refractivity contribution in [2.24, 2.45) is 4.99 Å². The highest BCUT2D eigenvalue weighted by Gasteiger charge is 2.30. The molecule has 2 aliphatic carbocycles. The zero-order valence-electron chi connectivity index (χ0n) is 22.6. The van der Waals surface area contributed by atoms with Crippen LogP contribution in [0.2, 0.25) is 0 Å². The van der Waals surface area contributed by atoms with E-state index in [-0.39, 0.29) is 17.8 Å². The number of aliphatic imine (C=N–C) groups is 1. The number of rotatable bonds is 7. The number of amides is 1. The predicted molar refractivity (Wildman–Crippen MR) is 157 cm³/mol. The van der Waals surface area contributed by atoms with Crippen molar-refractivity contribution in [1.29, 1.82) is 0 Å². The number of nitrogens with zero attached hydrogens (tertiary/aromatic N) is 6. The zero-order valence-corrected chi connectivity index (χ0v) is 22.6. The summed E-state index contributed by atoms with van der Waals surface area (Å²) >= 11 is 0. The molecule has 206 valence electrons. The summed E-state index contributed by atoms with van der Waals surface area (Å²) in [5.74, 6) is 1.76. The molecule has 0 bridgehead atoms. The van der Waals surface area contributed by atoms with Crippen molar-refractivity contribution in [3.63, 3.8) is 0 Å². The maximum Gasteiger partial charge on any atom is 0.317 e. The minimum absolute atomic E-state index is 0.0617. The van der Waals surface area contributed by atoms with Crippen LogP contribution in [0.5, 0.6) is 0 Å². The Kier molecular flexibility index (Phi) is 5.83. The Morgan fingerprint density at radius 1 is 0.786 bits per heavy atom. The number of anilines is 2. The van der Waals surface area contributed by atoms with Crippen molar-refractivity contribution < 1.29 is 9.21 Å². The molecule has 10 heteroatoms. The largest absolute Gasteiger partial charge is 0.402 e. The molecule has 1 amide bonds. The van der Waals surface area contributed by atoms with Gasteiger partial charge >= 0.3 is 6.01 Å². The second-order valence-electron chi connectivity index (χ2n) is 10.9. The van der Waals surface area contributed by atoms with Crippen LogP contribution in [0, 0.1) is 0 Å². The van der Waals surface area contributed by atoms with Gasteiger partial charge in [0.1, 0.15) is 11.5 Å². The Morgan fingerprint density at radius 3 is 2.33 bits per heavy atom. The number of carbonyl (C=O) groups is 1. The number of aromatic nitrogens is 5. The molecule has 2 N–H and O–H groups in total. The number of hydrogen-bond acceptors (Lipinski definition) is 9. The summed E-state index contributed by atoms with van der Waals surface area (Å²) in [5, 5.41) is 14.5. The van der Waals surface area contributed by atoms with Gasteiger partial charge in [0, 0.05) is 46.8 Å². The second kappa shape index (κ2) is 9.99. The maximum absolute atomic E-state index is 13.3. The van der Waals surface area contributed by atoms with Crippen LogP contribution in [0.4, 0.5) is 11.7 Å². The number of nitrogens with one attached hydrogen (secondary N) is 2. The zero-order chi connectivity index (χ0) is 28.0. The highest BCUT2D eigenvalue weighted by atomic mass is 16.4. The molecule has 0 spiro atoms. The van der Waals surface area contributed by atoms with E-state index >= 15 is 0 Å². The monoisotopic (exact) mass is 554 g/mol. The van der Waals surface area contributed by atoms with Gasteiger partial charge < -0.3 is 15.1 Å². The van der Waals surface area contributed by atoms with Gasteiger partial charge in [0.05, 0.1) is 11.4 Å². The Balaban J connectivity index is 1.13. The van der Waals surface area contributed by atoms with E-state index in [1.54, 1.807) is 0 Å². The highest BCUT2D eigenvalue weighted by Crippen LogP contribution is 2.43. The van der Waals surface area contributed by atoms with E-state index in [1.807, 2.05) is 73.2 Å². The molecule has 10 nitrogen and oxygen atoms in total. The van der Waals surface area contributed by atoms with Crippen LogP contribution in [0.15, 0.2) is 88.7 Å². The predicted octanol–water partition coefficient (Wildman–Crippen LogP) is 5.57. The Bertz CT molecular complexity index is 1830. The van der Waals surface area contributed by atoms with E-state index in [2.05, 4.69) is 36.9 Å². The fourth-order valence-corrected chi connectivity index (χ4v) is 5.22. The number of hydrogen-bond donors (Lipinski definition) is 2. The third kappa shape index (κ3) is 4.70. The lowest BCUT2D eigenvalue weighted by Crippen LogP contribution is -2.32. The number of para-hydroxylation sites is 1. The normalized spacial score (nSPS) is 18.0. The summed E-state index contributed by atoms with van der Waals surface area (Å²) in [6.07, 6.45) is 9.16. The molecule has 1 aliphatic heterocycles. The van der Waals surface area contributed by atoms with E-state index in [4.69, 9.17) is 14.4 Å². The van der Waals surface area contributed by atoms with E-state index < -0.39 is 6.17 Å². The maximum atomic E-state index is 13.3. The molecule has 3 aromatic heterocycles. The summed E-state index contributed by atoms with van der Waals surface area (Å²) in [6, 6.07) is 19.5. The van der Waals surface area contributed by atoms with Crippen LogP contribution in [0.3, 0.4) is 0 Å². The number of carbonyl (C=O) groups excluding carboxylic acids is 1. The van der Waals surface area contributed by atoms with Gasteiger partial charge in [0.15, 0.2) is 0 Å². The minimum Gasteiger partial charge on any atom is -0.402 e. The van der Waals surface area contributed by atoms with Crippen molar-refractivity contribution >= 4 is 23.3 Å². The number of fused-ring (bicyclic) bond motifs is 1. The third-order valence-corrected chi connectivity index (χ3v) is 7.76. The molecule has 0 unspecified atom stereocenters. The smallest absolute Gasteiger partial charge is 0.317 e. The average molecular weight is 555 g/mol. The molecule has 4 heterocycles. The van der Waals surface area contributed by atoms with Gasteiger partial charge in [-0.25, -0.2) is 15.0 Å². The fraction of sp³-hybridized carbons (Fsp3) is 0.219. The van der Waals surface area contributed by atoms with Crippen LogP contribution in [-0.4, -0.2) is 42.9 Å². The molecule has 1 atom stereocenters. The van der Waals surface area contributed by atoms with Crippen molar-refractivity contribution in [1.82, 2.24) is 25.1 Å². The molecule has 42 heavy (non-hydrogen) atoms. The van der Waals surface area contributed by atoms with Crippen molar-refractivity contribution in [3.05, 3.63) is 102 Å². The van der Waals surface area contributed by atoms with Gasteiger partial charge in [-0.15, -0.1) is 5.10 Å². The van der Waals surface area contributed by atoms with E-state index in [0.717, 1.165) is 53.8 Å². The first-order valence-corrected chi connectivity index (χ1v) is 14.2. The number of pyridine rings is 1. The van der Waals surface area contributed by atoms with Gasteiger partial charge in [0.2, 0.25) is 6.17 Å². The molecule has 2 saturated carbocycles. The molecule has 5 aromatic rings. The van der Waals surface area contributed by atoms with Crippen molar-refractivity contribution in [2.45, 2.75) is 43.7 Å². The van der Waals surface area contributed by atoms with Crippen molar-refractivity contribution in [2.75, 3.05) is 10.6 Å². The number of benzene rings is 2. The Morgan fingerprint density at radius 2 is 1.55 bits per heavy atom. The first-order chi connectivity index (χ1) is 20.7. The molecule has 3 aliphatic rings. The Hall–Kier alpha value is -5.25. The lowest BCUT2D eigenvalue weighted by molar-refractivity contribution is -0.116. The lowest BCUT2D eigenvalue weighted by atomic mass is 10.0. The molecular formula is C32H26N8O2. The van der Waals surface area contributed by atoms with E-state index in [0.29, 0.717) is 28.9 Å². The summed E-state index contributed by atoms with van der Waals surface area (Å²) < 4.78 is 6.04. The van der Waals surface area contributed by atoms with Crippen LogP contribution in [-0.2, 0) is 4.79 Å². The molecule has 0 saturated heterocycles. The van der Waals surface area contributed by atoms with Crippen LogP contribution in [0.25, 0.3) is 22.7 Å². The first kappa shape index (κ1) is 24.5.